The van der Waals surface area contributed by atoms with E-state index < -0.39 is 21.4 Å². The third-order valence-corrected chi connectivity index (χ3v) is 4.80. The Kier molecular flexibility index (Phi) is 3.98. The van der Waals surface area contributed by atoms with Crippen LogP contribution in [0, 0.1) is 5.82 Å². The number of H-pyrrole nitrogens is 1. The predicted octanol–water partition coefficient (Wildman–Crippen LogP) is 2.48. The third-order valence-electron chi connectivity index (χ3n) is 3.41. The summed E-state index contributed by atoms with van der Waals surface area (Å²) in [5.41, 5.74) is -0.356. The van der Waals surface area contributed by atoms with Crippen LogP contribution in [0.25, 0.3) is 10.9 Å². The van der Waals surface area contributed by atoms with Crippen molar-refractivity contribution >= 4 is 26.6 Å². The first-order chi connectivity index (χ1) is 11.4. The van der Waals surface area contributed by atoms with Crippen LogP contribution in [0.4, 0.5) is 10.1 Å². The summed E-state index contributed by atoms with van der Waals surface area (Å²) < 4.78 is 46.1. The number of benzene rings is 2. The summed E-state index contributed by atoms with van der Waals surface area (Å²) in [6.45, 7) is 0. The molecule has 2 aromatic carbocycles. The van der Waals surface area contributed by atoms with Gasteiger partial charge in [0.05, 0.1) is 23.2 Å². The Morgan fingerprint density at radius 3 is 2.46 bits per heavy atom. The number of ether oxygens (including phenoxy) is 1. The SMILES string of the molecule is COc1ccc(S(=O)(=O)Nc2cc(F)c3[nH]c(=O)ccc3c2)cc1. The van der Waals surface area contributed by atoms with Crippen LogP contribution in [0.5, 0.6) is 5.75 Å². The van der Waals surface area contributed by atoms with Crippen LogP contribution in [0.2, 0.25) is 0 Å². The summed E-state index contributed by atoms with van der Waals surface area (Å²) in [6, 6.07) is 10.9. The van der Waals surface area contributed by atoms with Crippen LogP contribution >= 0.6 is 0 Å². The number of anilines is 1. The second kappa shape index (κ2) is 5.97. The van der Waals surface area contributed by atoms with Crippen molar-refractivity contribution in [2.45, 2.75) is 4.90 Å². The molecule has 0 amide bonds. The molecule has 1 heterocycles. The molecule has 8 heteroatoms. The van der Waals surface area contributed by atoms with Gasteiger partial charge >= 0.3 is 0 Å². The van der Waals surface area contributed by atoms with Crippen molar-refractivity contribution < 1.29 is 17.5 Å². The van der Waals surface area contributed by atoms with E-state index in [1.165, 1.54) is 49.6 Å². The minimum Gasteiger partial charge on any atom is -0.497 e. The number of halogens is 1. The molecule has 24 heavy (non-hydrogen) atoms. The van der Waals surface area contributed by atoms with Gasteiger partial charge in [0.25, 0.3) is 10.0 Å². The van der Waals surface area contributed by atoms with Gasteiger partial charge in [0.1, 0.15) is 11.6 Å². The van der Waals surface area contributed by atoms with Gasteiger partial charge in [0, 0.05) is 17.5 Å². The molecule has 124 valence electrons. The number of aromatic amines is 1. The number of aromatic nitrogens is 1. The average molecular weight is 348 g/mol. The Morgan fingerprint density at radius 1 is 1.08 bits per heavy atom. The van der Waals surface area contributed by atoms with Crippen LogP contribution in [0.3, 0.4) is 0 Å². The third kappa shape index (κ3) is 3.09. The smallest absolute Gasteiger partial charge is 0.261 e. The standard InChI is InChI=1S/C16H13FN2O4S/c1-23-12-3-5-13(6-4-12)24(21,22)19-11-8-10-2-7-15(20)18-16(10)14(17)9-11/h2-9,19H,1H3,(H,18,20). The summed E-state index contributed by atoms with van der Waals surface area (Å²) in [6.07, 6.45) is 0. The Morgan fingerprint density at radius 2 is 1.79 bits per heavy atom. The van der Waals surface area contributed by atoms with E-state index in [1.807, 2.05) is 0 Å². The van der Waals surface area contributed by atoms with Crippen molar-refractivity contribution in [2.24, 2.45) is 0 Å². The lowest BCUT2D eigenvalue weighted by molar-refractivity contribution is 0.414. The van der Waals surface area contributed by atoms with Gasteiger partial charge < -0.3 is 9.72 Å². The second-order valence-electron chi connectivity index (χ2n) is 5.03. The molecule has 1 aromatic heterocycles. The second-order valence-corrected chi connectivity index (χ2v) is 6.71. The molecule has 2 N–H and O–H groups in total. The van der Waals surface area contributed by atoms with E-state index in [4.69, 9.17) is 4.74 Å². The zero-order chi connectivity index (χ0) is 17.3. The number of hydrogen-bond donors (Lipinski definition) is 2. The maximum Gasteiger partial charge on any atom is 0.261 e. The van der Waals surface area contributed by atoms with E-state index >= 15 is 0 Å². The molecule has 0 aliphatic carbocycles. The van der Waals surface area contributed by atoms with Gasteiger partial charge in [-0.3, -0.25) is 9.52 Å². The molecule has 0 bridgehead atoms. The highest BCUT2D eigenvalue weighted by Gasteiger charge is 2.15. The minimum atomic E-state index is -3.88. The first-order valence-electron chi connectivity index (χ1n) is 6.88. The van der Waals surface area contributed by atoms with Crippen LogP contribution in [-0.4, -0.2) is 20.5 Å². The van der Waals surface area contributed by atoms with Gasteiger partial charge in [0.2, 0.25) is 5.56 Å². The van der Waals surface area contributed by atoms with Crippen LogP contribution in [0.15, 0.2) is 58.2 Å². The first-order valence-corrected chi connectivity index (χ1v) is 8.37. The van der Waals surface area contributed by atoms with Crippen LogP contribution in [0.1, 0.15) is 0 Å². The highest BCUT2D eigenvalue weighted by atomic mass is 32.2. The summed E-state index contributed by atoms with van der Waals surface area (Å²) in [7, 11) is -2.40. The monoisotopic (exact) mass is 348 g/mol. The van der Waals surface area contributed by atoms with Gasteiger partial charge in [-0.1, -0.05) is 0 Å². The number of pyridine rings is 1. The molecule has 0 fully saturated rings. The lowest BCUT2D eigenvalue weighted by Gasteiger charge is -2.10. The summed E-state index contributed by atoms with van der Waals surface area (Å²) in [4.78, 5) is 13.6. The average Bonchev–Trinajstić information content (AvgIpc) is 2.55. The number of fused-ring (bicyclic) bond motifs is 1. The van der Waals surface area contributed by atoms with Crippen molar-refractivity contribution in [3.63, 3.8) is 0 Å². The number of rotatable bonds is 4. The minimum absolute atomic E-state index is 0.0188. The van der Waals surface area contributed by atoms with Gasteiger partial charge in [-0.25, -0.2) is 12.8 Å². The fourth-order valence-electron chi connectivity index (χ4n) is 2.25. The molecule has 0 spiro atoms. The van der Waals surface area contributed by atoms with E-state index in [2.05, 4.69) is 9.71 Å². The molecule has 0 aliphatic rings. The van der Waals surface area contributed by atoms with E-state index in [0.29, 0.717) is 11.1 Å². The highest BCUT2D eigenvalue weighted by molar-refractivity contribution is 7.92. The van der Waals surface area contributed by atoms with E-state index in [-0.39, 0.29) is 16.1 Å². The van der Waals surface area contributed by atoms with E-state index in [9.17, 15) is 17.6 Å². The van der Waals surface area contributed by atoms with E-state index in [1.54, 1.807) is 0 Å². The Bertz CT molecular complexity index is 1060. The molecule has 3 rings (SSSR count). The zero-order valence-electron chi connectivity index (χ0n) is 12.5. The summed E-state index contributed by atoms with van der Waals surface area (Å²) >= 11 is 0. The normalized spacial score (nSPS) is 11.4. The molecular weight excluding hydrogens is 335 g/mol. The van der Waals surface area contributed by atoms with Crippen molar-refractivity contribution in [3.05, 3.63) is 64.7 Å². The van der Waals surface area contributed by atoms with Crippen LogP contribution in [-0.2, 0) is 10.0 Å². The Hall–Kier alpha value is -2.87. The number of nitrogens with one attached hydrogen (secondary N) is 2. The first kappa shape index (κ1) is 16.0. The molecule has 6 nitrogen and oxygen atoms in total. The molecule has 0 unspecified atom stereocenters. The number of sulfonamides is 1. The predicted molar refractivity (Wildman–Crippen MR) is 88.3 cm³/mol. The van der Waals surface area contributed by atoms with Gasteiger partial charge in [-0.2, -0.15) is 0 Å². The number of hydrogen-bond acceptors (Lipinski definition) is 4. The summed E-state index contributed by atoms with van der Waals surface area (Å²) in [5, 5.41) is 0.377. The topological polar surface area (TPSA) is 88.3 Å². The lowest BCUT2D eigenvalue weighted by Crippen LogP contribution is -2.13. The Labute approximate surface area is 137 Å². The molecule has 0 saturated heterocycles. The largest absolute Gasteiger partial charge is 0.497 e. The fourth-order valence-corrected chi connectivity index (χ4v) is 3.29. The Balaban J connectivity index is 1.98. The molecule has 0 atom stereocenters. The van der Waals surface area contributed by atoms with Crippen molar-refractivity contribution in [2.75, 3.05) is 11.8 Å². The van der Waals surface area contributed by atoms with Crippen molar-refractivity contribution in [1.29, 1.82) is 0 Å². The zero-order valence-corrected chi connectivity index (χ0v) is 13.4. The highest BCUT2D eigenvalue weighted by Crippen LogP contribution is 2.23. The van der Waals surface area contributed by atoms with Gasteiger partial charge in [-0.05, 0) is 36.4 Å². The van der Waals surface area contributed by atoms with E-state index in [0.717, 1.165) is 6.07 Å². The van der Waals surface area contributed by atoms with Crippen molar-refractivity contribution in [1.82, 2.24) is 4.98 Å². The molecule has 3 aromatic rings. The van der Waals surface area contributed by atoms with Gasteiger partial charge in [-0.15, -0.1) is 0 Å². The fraction of sp³-hybridized carbons (Fsp3) is 0.0625. The molecule has 0 radical (unpaired) electrons. The maximum absolute atomic E-state index is 14.1. The molecule has 0 aliphatic heterocycles. The van der Waals surface area contributed by atoms with Crippen molar-refractivity contribution in [3.8, 4) is 5.75 Å². The quantitative estimate of drug-likeness (QED) is 0.758. The number of methoxy groups -OCH3 is 1. The molecular formula is C16H13FN2O4S. The lowest BCUT2D eigenvalue weighted by atomic mass is 10.2. The maximum atomic E-state index is 14.1. The molecule has 0 saturated carbocycles. The van der Waals surface area contributed by atoms with Gasteiger partial charge in [0.15, 0.2) is 0 Å². The van der Waals surface area contributed by atoms with Crippen LogP contribution < -0.4 is 15.0 Å². The summed E-state index contributed by atoms with van der Waals surface area (Å²) in [5.74, 6) is -0.202.